The standard InChI is InChI=1S/C22H27F2N3O3/c1-16(22(28)25-17-3-8-20(23)21(24)15-17)27-11-9-26(10-12-27)13-14-30-19-6-4-18(29-2)5-7-19/h3-8,15-16H,9-14H2,1-2H3,(H,25,28)/p+2/t16-/m1/s1. The molecular formula is C22H29F2N3O3+2. The molecule has 0 radical (unpaired) electrons. The quantitative estimate of drug-likeness (QED) is 0.570. The molecule has 0 aliphatic carbocycles. The summed E-state index contributed by atoms with van der Waals surface area (Å²) in [6.45, 7) is 7.02. The molecule has 2 aromatic rings. The number of anilines is 1. The highest BCUT2D eigenvalue weighted by Gasteiger charge is 2.31. The van der Waals surface area contributed by atoms with Gasteiger partial charge in [-0.1, -0.05) is 0 Å². The largest absolute Gasteiger partial charge is 0.497 e. The molecule has 8 heteroatoms. The summed E-state index contributed by atoms with van der Waals surface area (Å²) in [5.41, 5.74) is 0.269. The Bertz CT molecular complexity index is 840. The number of benzene rings is 2. The van der Waals surface area contributed by atoms with Crippen LogP contribution in [0.1, 0.15) is 6.92 Å². The van der Waals surface area contributed by atoms with E-state index < -0.39 is 11.6 Å². The lowest BCUT2D eigenvalue weighted by atomic mass is 10.2. The predicted octanol–water partition coefficient (Wildman–Crippen LogP) is 0.163. The number of hydrogen-bond acceptors (Lipinski definition) is 3. The highest BCUT2D eigenvalue weighted by molar-refractivity contribution is 5.93. The highest BCUT2D eigenvalue weighted by atomic mass is 19.2. The molecule has 162 valence electrons. The van der Waals surface area contributed by atoms with Crippen LogP contribution in [0.2, 0.25) is 0 Å². The van der Waals surface area contributed by atoms with Crippen molar-refractivity contribution in [1.29, 1.82) is 0 Å². The minimum absolute atomic E-state index is 0.192. The van der Waals surface area contributed by atoms with Crippen molar-refractivity contribution in [3.63, 3.8) is 0 Å². The molecule has 1 amide bonds. The van der Waals surface area contributed by atoms with Gasteiger partial charge in [-0.2, -0.15) is 0 Å². The fraction of sp³-hybridized carbons (Fsp3) is 0.409. The van der Waals surface area contributed by atoms with E-state index in [1.807, 2.05) is 31.2 Å². The number of halogens is 2. The van der Waals surface area contributed by atoms with E-state index in [1.165, 1.54) is 15.9 Å². The van der Waals surface area contributed by atoms with Gasteiger partial charge in [0, 0.05) is 11.8 Å². The van der Waals surface area contributed by atoms with E-state index in [-0.39, 0.29) is 17.6 Å². The van der Waals surface area contributed by atoms with Gasteiger partial charge in [-0.3, -0.25) is 4.79 Å². The molecule has 1 atom stereocenters. The summed E-state index contributed by atoms with van der Waals surface area (Å²) in [6.07, 6.45) is 0. The lowest BCUT2D eigenvalue weighted by Gasteiger charge is -2.32. The number of piperazine rings is 1. The maximum Gasteiger partial charge on any atom is 0.282 e. The molecule has 1 aliphatic rings. The molecule has 6 nitrogen and oxygen atoms in total. The van der Waals surface area contributed by atoms with Crippen molar-refractivity contribution in [3.8, 4) is 11.5 Å². The third kappa shape index (κ3) is 5.90. The number of quaternary nitrogens is 2. The van der Waals surface area contributed by atoms with Crippen molar-refractivity contribution < 1.29 is 32.8 Å². The SMILES string of the molecule is COc1ccc(OCC[NH+]2CC[NH+]([C@H](C)C(=O)Nc3ccc(F)c(F)c3)CC2)cc1. The van der Waals surface area contributed by atoms with Gasteiger partial charge in [-0.25, -0.2) is 8.78 Å². The van der Waals surface area contributed by atoms with Crippen LogP contribution in [0.15, 0.2) is 42.5 Å². The van der Waals surface area contributed by atoms with Crippen LogP contribution in [0.25, 0.3) is 0 Å². The Labute approximate surface area is 175 Å². The molecule has 1 saturated heterocycles. The predicted molar refractivity (Wildman–Crippen MR) is 109 cm³/mol. The minimum Gasteiger partial charge on any atom is -0.497 e. The Balaban J connectivity index is 1.39. The minimum atomic E-state index is -0.970. The smallest absolute Gasteiger partial charge is 0.282 e. The monoisotopic (exact) mass is 421 g/mol. The lowest BCUT2D eigenvalue weighted by Crippen LogP contribution is -3.30. The zero-order chi connectivity index (χ0) is 21.5. The molecule has 1 fully saturated rings. The molecule has 3 N–H and O–H groups in total. The van der Waals surface area contributed by atoms with Crippen LogP contribution in [0.4, 0.5) is 14.5 Å². The Kier molecular flexibility index (Phi) is 7.59. The summed E-state index contributed by atoms with van der Waals surface area (Å²) in [6, 6.07) is 10.6. The average Bonchev–Trinajstić information content (AvgIpc) is 2.77. The molecule has 0 spiro atoms. The van der Waals surface area contributed by atoms with Gasteiger partial charge in [0.2, 0.25) is 0 Å². The number of carbonyl (C=O) groups is 1. The third-order valence-corrected chi connectivity index (χ3v) is 5.58. The van der Waals surface area contributed by atoms with Gasteiger partial charge < -0.3 is 24.6 Å². The van der Waals surface area contributed by atoms with Crippen LogP contribution in [0, 0.1) is 11.6 Å². The Morgan fingerprint density at radius 1 is 1.03 bits per heavy atom. The molecule has 0 bridgehead atoms. The van der Waals surface area contributed by atoms with Gasteiger partial charge in [-0.15, -0.1) is 0 Å². The maximum atomic E-state index is 13.3. The van der Waals surface area contributed by atoms with Crippen molar-refractivity contribution in [2.24, 2.45) is 0 Å². The lowest BCUT2D eigenvalue weighted by molar-refractivity contribution is -1.02. The number of carbonyl (C=O) groups excluding carboxylic acids is 1. The van der Waals surface area contributed by atoms with Gasteiger partial charge >= 0.3 is 0 Å². The number of amides is 1. The van der Waals surface area contributed by atoms with Crippen molar-refractivity contribution in [2.45, 2.75) is 13.0 Å². The number of rotatable bonds is 8. The van der Waals surface area contributed by atoms with Gasteiger partial charge in [0.1, 0.15) is 50.8 Å². The maximum absolute atomic E-state index is 13.3. The van der Waals surface area contributed by atoms with E-state index >= 15 is 0 Å². The third-order valence-electron chi connectivity index (χ3n) is 5.58. The van der Waals surface area contributed by atoms with Gasteiger partial charge in [0.15, 0.2) is 17.7 Å². The van der Waals surface area contributed by atoms with Gasteiger partial charge in [-0.05, 0) is 43.3 Å². The van der Waals surface area contributed by atoms with Gasteiger partial charge in [0.05, 0.1) is 7.11 Å². The first kappa shape index (κ1) is 22.0. The summed E-state index contributed by atoms with van der Waals surface area (Å²) in [7, 11) is 1.63. The number of nitrogens with one attached hydrogen (secondary N) is 3. The number of hydrogen-bond donors (Lipinski definition) is 3. The molecule has 30 heavy (non-hydrogen) atoms. The number of ether oxygens (including phenoxy) is 2. The normalized spacial score (nSPS) is 19.7. The van der Waals surface area contributed by atoms with E-state index in [2.05, 4.69) is 5.32 Å². The highest BCUT2D eigenvalue weighted by Crippen LogP contribution is 2.16. The second kappa shape index (κ2) is 10.4. The molecule has 0 unspecified atom stereocenters. The summed E-state index contributed by atoms with van der Waals surface area (Å²) in [5, 5.41) is 2.68. The Morgan fingerprint density at radius 2 is 1.70 bits per heavy atom. The first-order chi connectivity index (χ1) is 14.5. The van der Waals surface area contributed by atoms with E-state index in [0.29, 0.717) is 6.61 Å². The summed E-state index contributed by atoms with van der Waals surface area (Å²) in [4.78, 5) is 15.1. The Morgan fingerprint density at radius 3 is 2.33 bits per heavy atom. The number of methoxy groups -OCH3 is 1. The van der Waals surface area contributed by atoms with Crippen LogP contribution in [0.3, 0.4) is 0 Å². The van der Waals surface area contributed by atoms with E-state index in [0.717, 1.165) is 56.4 Å². The Hall–Kier alpha value is -2.71. The fourth-order valence-corrected chi connectivity index (χ4v) is 3.60. The first-order valence-electron chi connectivity index (χ1n) is 10.2. The summed E-state index contributed by atoms with van der Waals surface area (Å²) in [5.74, 6) is -0.470. The molecule has 1 heterocycles. The second-order valence-corrected chi connectivity index (χ2v) is 7.52. The van der Waals surface area contributed by atoms with Crippen LogP contribution >= 0.6 is 0 Å². The molecule has 2 aromatic carbocycles. The van der Waals surface area contributed by atoms with Crippen LogP contribution < -0.4 is 24.6 Å². The van der Waals surface area contributed by atoms with Gasteiger partial charge in [0.25, 0.3) is 5.91 Å². The van der Waals surface area contributed by atoms with Crippen molar-refractivity contribution in [1.82, 2.24) is 0 Å². The van der Waals surface area contributed by atoms with E-state index in [9.17, 15) is 13.6 Å². The van der Waals surface area contributed by atoms with Crippen LogP contribution in [-0.4, -0.2) is 58.4 Å². The summed E-state index contributed by atoms with van der Waals surface area (Å²) >= 11 is 0. The first-order valence-corrected chi connectivity index (χ1v) is 10.2. The summed E-state index contributed by atoms with van der Waals surface area (Å²) < 4.78 is 37.3. The van der Waals surface area contributed by atoms with Crippen molar-refractivity contribution in [2.75, 3.05) is 51.8 Å². The molecule has 1 aliphatic heterocycles. The zero-order valence-electron chi connectivity index (χ0n) is 17.3. The zero-order valence-corrected chi connectivity index (χ0v) is 17.3. The molecule has 0 aromatic heterocycles. The molecule has 3 rings (SSSR count). The topological polar surface area (TPSA) is 56.4 Å². The molecular weight excluding hydrogens is 392 g/mol. The molecule has 0 saturated carbocycles. The van der Waals surface area contributed by atoms with Crippen LogP contribution in [-0.2, 0) is 4.79 Å². The van der Waals surface area contributed by atoms with Crippen molar-refractivity contribution in [3.05, 3.63) is 54.1 Å². The van der Waals surface area contributed by atoms with Crippen LogP contribution in [0.5, 0.6) is 11.5 Å². The fourth-order valence-electron chi connectivity index (χ4n) is 3.60. The second-order valence-electron chi connectivity index (χ2n) is 7.52. The van der Waals surface area contributed by atoms with Crippen molar-refractivity contribution >= 4 is 11.6 Å². The average molecular weight is 421 g/mol. The van der Waals surface area contributed by atoms with E-state index in [1.54, 1.807) is 7.11 Å². The van der Waals surface area contributed by atoms with E-state index in [4.69, 9.17) is 9.47 Å².